The lowest BCUT2D eigenvalue weighted by Gasteiger charge is -2.33. The summed E-state index contributed by atoms with van der Waals surface area (Å²) >= 11 is 0. The number of nitrogens with zero attached hydrogens (tertiary/aromatic N) is 4. The molecule has 0 radical (unpaired) electrons. The van der Waals surface area contributed by atoms with Crippen molar-refractivity contribution in [3.05, 3.63) is 18.6 Å². The van der Waals surface area contributed by atoms with Crippen molar-refractivity contribution in [2.45, 2.75) is 57.9 Å². The Kier molecular flexibility index (Phi) is 4.59. The number of carbonyl (C=O) groups excluding carboxylic acids is 1. The highest BCUT2D eigenvalue weighted by molar-refractivity contribution is 5.87. The fourth-order valence-corrected chi connectivity index (χ4v) is 4.43. The lowest BCUT2D eigenvalue weighted by Crippen LogP contribution is -2.47. The maximum atomic E-state index is 13.0. The predicted octanol–water partition coefficient (Wildman–Crippen LogP) is 3.36. The normalized spacial score (nSPS) is 20.4. The van der Waals surface area contributed by atoms with Crippen LogP contribution in [-0.4, -0.2) is 50.9 Å². The van der Waals surface area contributed by atoms with Crippen molar-refractivity contribution in [3.8, 4) is 0 Å². The Labute approximate surface area is 155 Å². The molecule has 1 saturated carbocycles. The average Bonchev–Trinajstić information content (AvgIpc) is 3.28. The maximum Gasteiger partial charge on any atom is 0.223 e. The number of amides is 1. The van der Waals surface area contributed by atoms with Gasteiger partial charge in [-0.3, -0.25) is 4.79 Å². The molecule has 3 heterocycles. The zero-order chi connectivity index (χ0) is 18.1. The SMILES string of the molecule is CCCC(C)CC(=O)N1CCCN(c2ncnc3[nH]ccc23)CC12CC2. The number of hydrogen-bond acceptors (Lipinski definition) is 4. The van der Waals surface area contributed by atoms with Crippen LogP contribution in [0, 0.1) is 5.92 Å². The highest BCUT2D eigenvalue weighted by Gasteiger charge is 2.52. The first-order valence-corrected chi connectivity index (χ1v) is 9.96. The van der Waals surface area contributed by atoms with Crippen molar-refractivity contribution in [1.82, 2.24) is 19.9 Å². The van der Waals surface area contributed by atoms with E-state index in [1.807, 2.05) is 12.3 Å². The number of rotatable bonds is 5. The first-order chi connectivity index (χ1) is 12.6. The summed E-state index contributed by atoms with van der Waals surface area (Å²) in [5, 5.41) is 1.07. The molecule has 1 spiro atoms. The summed E-state index contributed by atoms with van der Waals surface area (Å²) in [6, 6.07) is 2.05. The maximum absolute atomic E-state index is 13.0. The van der Waals surface area contributed by atoms with Crippen molar-refractivity contribution in [3.63, 3.8) is 0 Å². The first-order valence-electron chi connectivity index (χ1n) is 9.96. The number of anilines is 1. The zero-order valence-electron chi connectivity index (χ0n) is 15.9. The van der Waals surface area contributed by atoms with Gasteiger partial charge in [-0.15, -0.1) is 0 Å². The third kappa shape index (κ3) is 3.17. The van der Waals surface area contributed by atoms with Crippen molar-refractivity contribution < 1.29 is 4.79 Å². The van der Waals surface area contributed by atoms with Gasteiger partial charge in [-0.1, -0.05) is 26.7 Å². The molecule has 1 unspecified atom stereocenters. The van der Waals surface area contributed by atoms with Crippen LogP contribution < -0.4 is 4.90 Å². The highest BCUT2D eigenvalue weighted by atomic mass is 16.2. The van der Waals surface area contributed by atoms with Crippen LogP contribution in [-0.2, 0) is 4.79 Å². The molecule has 6 heteroatoms. The van der Waals surface area contributed by atoms with E-state index in [-0.39, 0.29) is 5.54 Å². The minimum Gasteiger partial charge on any atom is -0.354 e. The van der Waals surface area contributed by atoms with Crippen LogP contribution in [0.4, 0.5) is 5.82 Å². The van der Waals surface area contributed by atoms with Crippen LogP contribution in [0.1, 0.15) is 52.4 Å². The number of aromatic amines is 1. The Morgan fingerprint density at radius 3 is 2.96 bits per heavy atom. The Hall–Kier alpha value is -2.11. The monoisotopic (exact) mass is 355 g/mol. The summed E-state index contributed by atoms with van der Waals surface area (Å²) in [4.78, 5) is 29.6. The molecule has 2 aromatic rings. The van der Waals surface area contributed by atoms with E-state index in [4.69, 9.17) is 0 Å². The summed E-state index contributed by atoms with van der Waals surface area (Å²) in [5.74, 6) is 1.82. The van der Waals surface area contributed by atoms with Gasteiger partial charge in [0.25, 0.3) is 0 Å². The summed E-state index contributed by atoms with van der Waals surface area (Å²) in [7, 11) is 0. The van der Waals surface area contributed by atoms with E-state index in [1.54, 1.807) is 6.33 Å². The number of fused-ring (bicyclic) bond motifs is 1. The minimum absolute atomic E-state index is 0.0209. The van der Waals surface area contributed by atoms with E-state index in [1.165, 1.54) is 0 Å². The minimum atomic E-state index is 0.0209. The standard InChI is InChI=1S/C20H29N5O/c1-3-5-15(2)12-17(26)25-11-4-10-24(13-20(25)7-8-20)19-16-6-9-21-18(16)22-14-23-19/h6,9,14-15H,3-5,7-8,10-13H2,1-2H3,(H,21,22,23). The van der Waals surface area contributed by atoms with E-state index < -0.39 is 0 Å². The van der Waals surface area contributed by atoms with E-state index >= 15 is 0 Å². The topological polar surface area (TPSA) is 65.1 Å². The molecule has 0 bridgehead atoms. The smallest absolute Gasteiger partial charge is 0.223 e. The Bertz CT molecular complexity index is 781. The lowest BCUT2D eigenvalue weighted by atomic mass is 10.0. The van der Waals surface area contributed by atoms with Gasteiger partial charge >= 0.3 is 0 Å². The molecule has 1 aliphatic heterocycles. The van der Waals surface area contributed by atoms with Gasteiger partial charge < -0.3 is 14.8 Å². The molecule has 0 aromatic carbocycles. The van der Waals surface area contributed by atoms with Gasteiger partial charge in [-0.05, 0) is 31.2 Å². The van der Waals surface area contributed by atoms with Crippen molar-refractivity contribution in [1.29, 1.82) is 0 Å². The molecule has 1 atom stereocenters. The summed E-state index contributed by atoms with van der Waals surface area (Å²) < 4.78 is 0. The number of carbonyl (C=O) groups is 1. The lowest BCUT2D eigenvalue weighted by molar-refractivity contribution is -0.134. The summed E-state index contributed by atoms with van der Waals surface area (Å²) in [6.07, 6.45) is 9.72. The molecule has 6 nitrogen and oxygen atoms in total. The van der Waals surface area contributed by atoms with Crippen LogP contribution in [0.5, 0.6) is 0 Å². The van der Waals surface area contributed by atoms with E-state index in [2.05, 4.69) is 38.6 Å². The number of hydrogen-bond donors (Lipinski definition) is 1. The van der Waals surface area contributed by atoms with Gasteiger partial charge in [0.2, 0.25) is 5.91 Å². The Balaban J connectivity index is 1.53. The Morgan fingerprint density at radius 1 is 1.35 bits per heavy atom. The van der Waals surface area contributed by atoms with Crippen LogP contribution in [0.2, 0.25) is 0 Å². The quantitative estimate of drug-likeness (QED) is 0.893. The second-order valence-electron chi connectivity index (χ2n) is 8.08. The molecule has 2 aliphatic rings. The average molecular weight is 355 g/mol. The molecule has 26 heavy (non-hydrogen) atoms. The molecular formula is C20H29N5O. The van der Waals surface area contributed by atoms with Gasteiger partial charge in [-0.25, -0.2) is 9.97 Å². The van der Waals surface area contributed by atoms with E-state index in [0.29, 0.717) is 18.2 Å². The Morgan fingerprint density at radius 2 is 2.19 bits per heavy atom. The molecule has 2 fully saturated rings. The number of nitrogens with one attached hydrogen (secondary N) is 1. The zero-order valence-corrected chi connectivity index (χ0v) is 15.9. The molecule has 4 rings (SSSR count). The number of aromatic nitrogens is 3. The summed E-state index contributed by atoms with van der Waals surface area (Å²) in [5.41, 5.74) is 0.901. The fourth-order valence-electron chi connectivity index (χ4n) is 4.43. The molecule has 1 aliphatic carbocycles. The van der Waals surface area contributed by atoms with Crippen molar-refractivity contribution in [2.24, 2.45) is 5.92 Å². The molecule has 1 amide bonds. The second kappa shape index (κ2) is 6.89. The number of H-pyrrole nitrogens is 1. The van der Waals surface area contributed by atoms with Gasteiger partial charge in [-0.2, -0.15) is 0 Å². The van der Waals surface area contributed by atoms with Gasteiger partial charge in [0, 0.05) is 32.3 Å². The third-order valence-electron chi connectivity index (χ3n) is 5.93. The fraction of sp³-hybridized carbons (Fsp3) is 0.650. The second-order valence-corrected chi connectivity index (χ2v) is 8.08. The largest absolute Gasteiger partial charge is 0.354 e. The van der Waals surface area contributed by atoms with Crippen LogP contribution >= 0.6 is 0 Å². The van der Waals surface area contributed by atoms with Gasteiger partial charge in [0.1, 0.15) is 17.8 Å². The highest BCUT2D eigenvalue weighted by Crippen LogP contribution is 2.45. The summed E-state index contributed by atoms with van der Waals surface area (Å²) in [6.45, 7) is 7.09. The molecular weight excluding hydrogens is 326 g/mol. The van der Waals surface area contributed by atoms with Gasteiger partial charge in [0.05, 0.1) is 10.9 Å². The van der Waals surface area contributed by atoms with Crippen LogP contribution in [0.3, 0.4) is 0 Å². The predicted molar refractivity (Wildman–Crippen MR) is 103 cm³/mol. The molecule has 140 valence electrons. The molecule has 1 N–H and O–H groups in total. The van der Waals surface area contributed by atoms with E-state index in [0.717, 1.165) is 68.6 Å². The molecule has 1 saturated heterocycles. The molecule has 2 aromatic heterocycles. The van der Waals surface area contributed by atoms with Crippen LogP contribution in [0.15, 0.2) is 18.6 Å². The third-order valence-corrected chi connectivity index (χ3v) is 5.93. The first kappa shape index (κ1) is 17.3. The van der Waals surface area contributed by atoms with Crippen molar-refractivity contribution in [2.75, 3.05) is 24.5 Å². The van der Waals surface area contributed by atoms with E-state index in [9.17, 15) is 4.79 Å². The van der Waals surface area contributed by atoms with Gasteiger partial charge in [0.15, 0.2) is 0 Å². The van der Waals surface area contributed by atoms with Crippen LogP contribution in [0.25, 0.3) is 11.0 Å². The van der Waals surface area contributed by atoms with Crippen molar-refractivity contribution >= 4 is 22.8 Å².